The maximum absolute atomic E-state index is 8.97. The molecular weight excluding hydrogens is 222 g/mol. The molecule has 92 valence electrons. The molecule has 0 aliphatic heterocycles. The maximum Gasteiger partial charge on any atom is 0.101 e. The van der Waals surface area contributed by atoms with E-state index in [1.54, 1.807) is 12.1 Å². The third-order valence-electron chi connectivity index (χ3n) is 3.75. The number of nitriles is 2. The molecule has 0 heterocycles. The van der Waals surface area contributed by atoms with Gasteiger partial charge in [0, 0.05) is 11.7 Å². The largest absolute Gasteiger partial charge is 0.382 e. The fourth-order valence-electron chi connectivity index (χ4n) is 2.38. The van der Waals surface area contributed by atoms with Crippen LogP contribution < -0.4 is 5.32 Å². The minimum absolute atomic E-state index is 0.441. The van der Waals surface area contributed by atoms with Crippen LogP contribution in [0.4, 0.5) is 5.69 Å². The van der Waals surface area contributed by atoms with E-state index in [4.69, 9.17) is 10.5 Å². The van der Waals surface area contributed by atoms with Gasteiger partial charge in [0.1, 0.15) is 12.1 Å². The summed E-state index contributed by atoms with van der Waals surface area (Å²) in [5.41, 5.74) is 1.83. The summed E-state index contributed by atoms with van der Waals surface area (Å²) in [7, 11) is 0. The van der Waals surface area contributed by atoms with Crippen molar-refractivity contribution in [3.05, 3.63) is 29.3 Å². The first-order valence-electron chi connectivity index (χ1n) is 6.34. The fourth-order valence-corrected chi connectivity index (χ4v) is 2.38. The molecule has 1 fully saturated rings. The van der Waals surface area contributed by atoms with Crippen LogP contribution in [0.15, 0.2) is 18.2 Å². The zero-order valence-electron chi connectivity index (χ0n) is 10.8. The molecular formula is C15H17N3. The minimum atomic E-state index is 0.441. The molecule has 0 saturated heterocycles. The number of rotatable bonds is 3. The summed E-state index contributed by atoms with van der Waals surface area (Å²) in [5, 5.41) is 21.2. The molecule has 0 amide bonds. The highest BCUT2D eigenvalue weighted by molar-refractivity contribution is 5.56. The molecule has 18 heavy (non-hydrogen) atoms. The smallest absolute Gasteiger partial charge is 0.101 e. The average molecular weight is 239 g/mol. The first-order chi connectivity index (χ1) is 8.63. The van der Waals surface area contributed by atoms with Crippen LogP contribution in [0, 0.1) is 34.5 Å². The molecule has 0 atom stereocenters. The summed E-state index contributed by atoms with van der Waals surface area (Å²) in [6, 6.07) is 9.95. The van der Waals surface area contributed by atoms with Crippen LogP contribution >= 0.6 is 0 Å². The molecule has 1 aromatic carbocycles. The molecule has 0 radical (unpaired) electrons. The van der Waals surface area contributed by atoms with Crippen molar-refractivity contribution in [3.8, 4) is 12.1 Å². The Kier molecular flexibility index (Phi) is 3.53. The van der Waals surface area contributed by atoms with E-state index in [1.165, 1.54) is 12.8 Å². The second-order valence-corrected chi connectivity index (χ2v) is 5.30. The average Bonchev–Trinajstić information content (AvgIpc) is 2.32. The number of hydrogen-bond donors (Lipinski definition) is 1. The van der Waals surface area contributed by atoms with E-state index in [2.05, 4.69) is 25.2 Å². The van der Waals surface area contributed by atoms with Gasteiger partial charge in [-0.2, -0.15) is 10.5 Å². The predicted octanol–water partition coefficient (Wildman–Crippen LogP) is 3.28. The molecule has 1 N–H and O–H groups in total. The van der Waals surface area contributed by atoms with Crippen LogP contribution in [-0.4, -0.2) is 6.04 Å². The lowest BCUT2D eigenvalue weighted by atomic mass is 9.73. The van der Waals surface area contributed by atoms with Crippen LogP contribution in [-0.2, 0) is 0 Å². The summed E-state index contributed by atoms with van der Waals surface area (Å²) in [5.74, 6) is 1.56. The summed E-state index contributed by atoms with van der Waals surface area (Å²) >= 11 is 0. The van der Waals surface area contributed by atoms with E-state index in [0.29, 0.717) is 17.2 Å². The van der Waals surface area contributed by atoms with Gasteiger partial charge in [-0.25, -0.2) is 0 Å². The highest BCUT2D eigenvalue weighted by Crippen LogP contribution is 2.35. The SMILES string of the molecule is CC(C)C1CC(Nc2ccc(C#N)c(C#N)c2)C1. The Balaban J connectivity index is 2.00. The van der Waals surface area contributed by atoms with Crippen molar-refractivity contribution in [1.82, 2.24) is 0 Å². The van der Waals surface area contributed by atoms with Gasteiger partial charge in [0.2, 0.25) is 0 Å². The van der Waals surface area contributed by atoms with Crippen LogP contribution in [0.3, 0.4) is 0 Å². The van der Waals surface area contributed by atoms with Crippen molar-refractivity contribution >= 4 is 5.69 Å². The van der Waals surface area contributed by atoms with Crippen molar-refractivity contribution in [3.63, 3.8) is 0 Å². The normalized spacial score (nSPS) is 21.8. The second-order valence-electron chi connectivity index (χ2n) is 5.30. The van der Waals surface area contributed by atoms with Gasteiger partial charge < -0.3 is 5.32 Å². The zero-order chi connectivity index (χ0) is 13.1. The van der Waals surface area contributed by atoms with Gasteiger partial charge in [0.25, 0.3) is 0 Å². The van der Waals surface area contributed by atoms with Crippen LogP contribution in [0.5, 0.6) is 0 Å². The van der Waals surface area contributed by atoms with Crippen molar-refractivity contribution < 1.29 is 0 Å². The molecule has 1 saturated carbocycles. The van der Waals surface area contributed by atoms with Crippen molar-refractivity contribution in [2.24, 2.45) is 11.8 Å². The Hall–Kier alpha value is -2.00. The Labute approximate surface area is 108 Å². The molecule has 0 aromatic heterocycles. The van der Waals surface area contributed by atoms with Crippen LogP contribution in [0.25, 0.3) is 0 Å². The van der Waals surface area contributed by atoms with Gasteiger partial charge in [-0.3, -0.25) is 0 Å². The summed E-state index contributed by atoms with van der Waals surface area (Å²) < 4.78 is 0. The number of nitrogens with zero attached hydrogens (tertiary/aromatic N) is 2. The summed E-state index contributed by atoms with van der Waals surface area (Å²) in [6.07, 6.45) is 2.39. The zero-order valence-corrected chi connectivity index (χ0v) is 10.8. The number of hydrogen-bond acceptors (Lipinski definition) is 3. The first kappa shape index (κ1) is 12.5. The van der Waals surface area contributed by atoms with Gasteiger partial charge >= 0.3 is 0 Å². The molecule has 1 aromatic rings. The van der Waals surface area contributed by atoms with E-state index < -0.39 is 0 Å². The molecule has 0 bridgehead atoms. The Bertz CT molecular complexity index is 514. The molecule has 1 aliphatic carbocycles. The van der Waals surface area contributed by atoms with Crippen molar-refractivity contribution in [1.29, 1.82) is 10.5 Å². The van der Waals surface area contributed by atoms with Gasteiger partial charge in [-0.15, -0.1) is 0 Å². The number of anilines is 1. The molecule has 0 spiro atoms. The molecule has 2 rings (SSSR count). The second kappa shape index (κ2) is 5.10. The lowest BCUT2D eigenvalue weighted by Crippen LogP contribution is -2.37. The summed E-state index contributed by atoms with van der Waals surface area (Å²) in [6.45, 7) is 4.52. The van der Waals surface area contributed by atoms with Crippen LogP contribution in [0.2, 0.25) is 0 Å². The monoisotopic (exact) mass is 239 g/mol. The van der Waals surface area contributed by atoms with Crippen molar-refractivity contribution in [2.75, 3.05) is 5.32 Å². The highest BCUT2D eigenvalue weighted by atomic mass is 14.9. The quantitative estimate of drug-likeness (QED) is 0.880. The van der Waals surface area contributed by atoms with Gasteiger partial charge in [-0.05, 0) is 42.9 Å². The fraction of sp³-hybridized carbons (Fsp3) is 0.467. The molecule has 0 unspecified atom stereocenters. The number of benzene rings is 1. The maximum atomic E-state index is 8.97. The van der Waals surface area contributed by atoms with Crippen molar-refractivity contribution in [2.45, 2.75) is 32.7 Å². The predicted molar refractivity (Wildman–Crippen MR) is 70.8 cm³/mol. The first-order valence-corrected chi connectivity index (χ1v) is 6.34. The standard InChI is InChI=1S/C15H17N3/c1-10(2)12-5-15(6-12)18-14-4-3-11(8-16)13(7-14)9-17/h3-4,7,10,12,15,18H,5-6H2,1-2H3. The highest BCUT2D eigenvalue weighted by Gasteiger charge is 2.30. The van der Waals surface area contributed by atoms with E-state index in [1.807, 2.05) is 12.1 Å². The lowest BCUT2D eigenvalue weighted by molar-refractivity contribution is 0.212. The molecule has 1 aliphatic rings. The van der Waals surface area contributed by atoms with E-state index in [9.17, 15) is 0 Å². The molecule has 3 heteroatoms. The van der Waals surface area contributed by atoms with Gasteiger partial charge in [0.15, 0.2) is 0 Å². The van der Waals surface area contributed by atoms with E-state index in [-0.39, 0.29) is 0 Å². The topological polar surface area (TPSA) is 59.6 Å². The third kappa shape index (κ3) is 2.46. The third-order valence-corrected chi connectivity index (χ3v) is 3.75. The Morgan fingerprint density at radius 2 is 1.83 bits per heavy atom. The molecule has 3 nitrogen and oxygen atoms in total. The summed E-state index contributed by atoms with van der Waals surface area (Å²) in [4.78, 5) is 0. The Morgan fingerprint density at radius 1 is 1.17 bits per heavy atom. The number of nitrogens with one attached hydrogen (secondary N) is 1. The van der Waals surface area contributed by atoms with E-state index in [0.717, 1.165) is 17.5 Å². The van der Waals surface area contributed by atoms with E-state index >= 15 is 0 Å². The van der Waals surface area contributed by atoms with Crippen LogP contribution in [0.1, 0.15) is 37.8 Å². The van der Waals surface area contributed by atoms with Gasteiger partial charge in [-0.1, -0.05) is 13.8 Å². The lowest BCUT2D eigenvalue weighted by Gasteiger charge is -2.39. The minimum Gasteiger partial charge on any atom is -0.382 e. The Morgan fingerprint density at radius 3 is 2.39 bits per heavy atom. The van der Waals surface area contributed by atoms with Gasteiger partial charge in [0.05, 0.1) is 11.1 Å².